The Bertz CT molecular complexity index is 590. The van der Waals surface area contributed by atoms with E-state index in [0.717, 1.165) is 6.42 Å². The van der Waals surface area contributed by atoms with Crippen LogP contribution in [0, 0.1) is 28.1 Å². The predicted octanol–water partition coefficient (Wildman–Crippen LogP) is 3.13. The van der Waals surface area contributed by atoms with E-state index in [1.807, 2.05) is 0 Å². The number of nitriles is 1. The van der Waals surface area contributed by atoms with E-state index in [-0.39, 0.29) is 16.9 Å². The average Bonchev–Trinajstić information content (AvgIpc) is 2.74. The third-order valence-corrected chi connectivity index (χ3v) is 5.96. The summed E-state index contributed by atoms with van der Waals surface area (Å²) in [5.74, 6) is 1.13. The molecule has 106 valence electrons. The monoisotopic (exact) mass is 271 g/mol. The molecule has 4 heteroatoms. The van der Waals surface area contributed by atoms with Crippen LogP contribution >= 0.6 is 0 Å². The number of nitrogen functional groups attached to an aromatic ring is 1. The Morgan fingerprint density at radius 3 is 2.75 bits per heavy atom. The zero-order valence-corrected chi connectivity index (χ0v) is 12.3. The Labute approximate surface area is 119 Å². The summed E-state index contributed by atoms with van der Waals surface area (Å²) >= 11 is 0. The van der Waals surface area contributed by atoms with E-state index in [2.05, 4.69) is 31.8 Å². The van der Waals surface area contributed by atoms with Crippen molar-refractivity contribution in [2.45, 2.75) is 46.1 Å². The lowest BCUT2D eigenvalue weighted by molar-refractivity contribution is 0.0271. The van der Waals surface area contributed by atoms with Gasteiger partial charge in [0.1, 0.15) is 17.7 Å². The molecule has 1 aromatic heterocycles. The summed E-state index contributed by atoms with van der Waals surface area (Å²) in [6.07, 6.45) is 5.21. The van der Waals surface area contributed by atoms with E-state index in [4.69, 9.17) is 10.5 Å². The van der Waals surface area contributed by atoms with Crippen LogP contribution in [0.1, 0.15) is 45.6 Å². The van der Waals surface area contributed by atoms with Gasteiger partial charge in [-0.05, 0) is 36.7 Å². The SMILES string of the molecule is CC1(C)C2CCC1(C)C(Oc1ncc(N)cc1C#N)C2. The zero-order chi connectivity index (χ0) is 14.5. The number of nitrogens with two attached hydrogens (primary N) is 1. The molecule has 0 spiro atoms. The van der Waals surface area contributed by atoms with Gasteiger partial charge in [-0.3, -0.25) is 0 Å². The summed E-state index contributed by atoms with van der Waals surface area (Å²) in [6, 6.07) is 3.75. The molecule has 3 unspecified atom stereocenters. The fourth-order valence-electron chi connectivity index (χ4n) is 4.09. The molecule has 2 saturated carbocycles. The highest BCUT2D eigenvalue weighted by molar-refractivity contribution is 5.48. The van der Waals surface area contributed by atoms with E-state index in [9.17, 15) is 5.26 Å². The minimum absolute atomic E-state index is 0.138. The van der Waals surface area contributed by atoms with Gasteiger partial charge in [0.2, 0.25) is 5.88 Å². The van der Waals surface area contributed by atoms with Gasteiger partial charge in [-0.25, -0.2) is 4.98 Å². The van der Waals surface area contributed by atoms with Crippen molar-refractivity contribution in [2.24, 2.45) is 16.7 Å². The second-order valence-electron chi connectivity index (χ2n) is 6.95. The van der Waals surface area contributed by atoms with E-state index in [0.29, 0.717) is 23.0 Å². The number of ether oxygens (including phenoxy) is 1. The Balaban J connectivity index is 1.89. The maximum absolute atomic E-state index is 9.19. The largest absolute Gasteiger partial charge is 0.473 e. The topological polar surface area (TPSA) is 71.9 Å². The number of hydrogen-bond acceptors (Lipinski definition) is 4. The van der Waals surface area contributed by atoms with Crippen LogP contribution < -0.4 is 10.5 Å². The van der Waals surface area contributed by atoms with Crippen LogP contribution in [0.4, 0.5) is 5.69 Å². The summed E-state index contributed by atoms with van der Waals surface area (Å²) in [5, 5.41) is 9.19. The van der Waals surface area contributed by atoms with Gasteiger partial charge in [-0.2, -0.15) is 5.26 Å². The fraction of sp³-hybridized carbons (Fsp3) is 0.625. The molecule has 0 aliphatic heterocycles. The molecular weight excluding hydrogens is 250 g/mol. The van der Waals surface area contributed by atoms with Gasteiger partial charge < -0.3 is 10.5 Å². The smallest absolute Gasteiger partial charge is 0.232 e. The van der Waals surface area contributed by atoms with Crippen LogP contribution in [-0.2, 0) is 0 Å². The van der Waals surface area contributed by atoms with Crippen molar-refractivity contribution < 1.29 is 4.74 Å². The van der Waals surface area contributed by atoms with Gasteiger partial charge in [0.15, 0.2) is 0 Å². The Morgan fingerprint density at radius 1 is 1.45 bits per heavy atom. The molecule has 4 nitrogen and oxygen atoms in total. The molecule has 0 saturated heterocycles. The lowest BCUT2D eigenvalue weighted by atomic mass is 9.70. The molecule has 2 N–H and O–H groups in total. The third-order valence-electron chi connectivity index (χ3n) is 5.96. The fourth-order valence-corrected chi connectivity index (χ4v) is 4.09. The molecule has 2 fully saturated rings. The standard InChI is InChI=1S/C16H21N3O/c1-15(2)11-4-5-16(15,3)13(7-11)20-14-10(8-17)6-12(18)9-19-14/h6,9,11,13H,4-5,7,18H2,1-3H3. The summed E-state index contributed by atoms with van der Waals surface area (Å²) in [5.41, 5.74) is 7.04. The van der Waals surface area contributed by atoms with Crippen molar-refractivity contribution in [3.05, 3.63) is 17.8 Å². The quantitative estimate of drug-likeness (QED) is 0.897. The summed E-state index contributed by atoms with van der Waals surface area (Å²) in [4.78, 5) is 4.21. The number of aromatic nitrogens is 1. The number of fused-ring (bicyclic) bond motifs is 2. The maximum atomic E-state index is 9.19. The van der Waals surface area contributed by atoms with Gasteiger partial charge in [0.05, 0.1) is 11.9 Å². The summed E-state index contributed by atoms with van der Waals surface area (Å²) < 4.78 is 6.14. The molecule has 20 heavy (non-hydrogen) atoms. The van der Waals surface area contributed by atoms with Crippen molar-refractivity contribution in [2.75, 3.05) is 5.73 Å². The molecule has 0 aromatic carbocycles. The summed E-state index contributed by atoms with van der Waals surface area (Å²) in [7, 11) is 0. The third kappa shape index (κ3) is 1.62. The van der Waals surface area contributed by atoms with E-state index < -0.39 is 0 Å². The van der Waals surface area contributed by atoms with E-state index in [1.54, 1.807) is 12.3 Å². The Morgan fingerprint density at radius 2 is 2.20 bits per heavy atom. The molecule has 2 aliphatic rings. The molecule has 1 aromatic rings. The van der Waals surface area contributed by atoms with Gasteiger partial charge in [-0.15, -0.1) is 0 Å². The highest BCUT2D eigenvalue weighted by Crippen LogP contribution is 2.66. The Hall–Kier alpha value is -1.76. The number of nitrogens with zero attached hydrogens (tertiary/aromatic N) is 2. The maximum Gasteiger partial charge on any atom is 0.232 e. The molecule has 3 atom stereocenters. The minimum Gasteiger partial charge on any atom is -0.473 e. The molecule has 0 radical (unpaired) electrons. The first-order chi connectivity index (χ1) is 9.38. The van der Waals surface area contributed by atoms with E-state index in [1.165, 1.54) is 12.8 Å². The lowest BCUT2D eigenvalue weighted by Gasteiger charge is -2.38. The Kier molecular flexibility index (Phi) is 2.72. The molecule has 2 bridgehead atoms. The van der Waals surface area contributed by atoms with Gasteiger partial charge >= 0.3 is 0 Å². The van der Waals surface area contributed by atoms with Crippen LogP contribution in [0.15, 0.2) is 12.3 Å². The highest BCUT2D eigenvalue weighted by Gasteiger charge is 2.62. The number of hydrogen-bond donors (Lipinski definition) is 1. The van der Waals surface area contributed by atoms with Crippen LogP contribution in [0.2, 0.25) is 0 Å². The van der Waals surface area contributed by atoms with Crippen molar-refractivity contribution >= 4 is 5.69 Å². The van der Waals surface area contributed by atoms with Crippen molar-refractivity contribution in [1.82, 2.24) is 4.98 Å². The van der Waals surface area contributed by atoms with Crippen molar-refractivity contribution in [3.63, 3.8) is 0 Å². The molecule has 1 heterocycles. The average molecular weight is 271 g/mol. The van der Waals surface area contributed by atoms with Crippen LogP contribution in [-0.4, -0.2) is 11.1 Å². The molecular formula is C16H21N3O. The number of anilines is 1. The highest BCUT2D eigenvalue weighted by atomic mass is 16.5. The number of pyridine rings is 1. The van der Waals surface area contributed by atoms with Crippen LogP contribution in [0.25, 0.3) is 0 Å². The molecule has 0 amide bonds. The first kappa shape index (κ1) is 13.2. The zero-order valence-electron chi connectivity index (χ0n) is 12.3. The van der Waals surface area contributed by atoms with Gasteiger partial charge in [-0.1, -0.05) is 20.8 Å². The summed E-state index contributed by atoms with van der Waals surface area (Å²) in [6.45, 7) is 7.00. The lowest BCUT2D eigenvalue weighted by Crippen LogP contribution is -2.39. The number of rotatable bonds is 2. The van der Waals surface area contributed by atoms with Gasteiger partial charge in [0, 0.05) is 5.41 Å². The first-order valence-corrected chi connectivity index (χ1v) is 7.21. The van der Waals surface area contributed by atoms with E-state index >= 15 is 0 Å². The van der Waals surface area contributed by atoms with Crippen molar-refractivity contribution in [1.29, 1.82) is 5.26 Å². The van der Waals surface area contributed by atoms with Crippen LogP contribution in [0.5, 0.6) is 5.88 Å². The second kappa shape index (κ2) is 4.12. The molecule has 3 rings (SSSR count). The van der Waals surface area contributed by atoms with Gasteiger partial charge in [0.25, 0.3) is 0 Å². The predicted molar refractivity (Wildman–Crippen MR) is 77.0 cm³/mol. The second-order valence-corrected chi connectivity index (χ2v) is 6.95. The molecule has 2 aliphatic carbocycles. The van der Waals surface area contributed by atoms with Crippen LogP contribution in [0.3, 0.4) is 0 Å². The first-order valence-electron chi connectivity index (χ1n) is 7.21. The minimum atomic E-state index is 0.138. The van der Waals surface area contributed by atoms with Crippen molar-refractivity contribution in [3.8, 4) is 11.9 Å². The normalized spacial score (nSPS) is 33.9.